The average molecular weight is 551 g/mol. The van der Waals surface area contributed by atoms with Gasteiger partial charge in [0.25, 0.3) is 6.43 Å². The lowest BCUT2D eigenvalue weighted by molar-refractivity contribution is 0.152. The molecule has 0 spiro atoms. The van der Waals surface area contributed by atoms with E-state index >= 15 is 0 Å². The van der Waals surface area contributed by atoms with Gasteiger partial charge < -0.3 is 9.52 Å². The molecule has 0 bridgehead atoms. The molecule has 5 rings (SSSR count). The lowest BCUT2D eigenvalue weighted by Crippen LogP contribution is -2.13. The van der Waals surface area contributed by atoms with Crippen LogP contribution in [0.5, 0.6) is 5.88 Å². The Morgan fingerprint density at radius 2 is 1.89 bits per heavy atom. The summed E-state index contributed by atoms with van der Waals surface area (Å²) in [7, 11) is -3.87. The zero-order valence-electron chi connectivity index (χ0n) is 18.3. The minimum absolute atomic E-state index is 0.0170. The Morgan fingerprint density at radius 3 is 2.53 bits per heavy atom. The number of fused-ring (bicyclic) bond motifs is 1. The maximum atomic E-state index is 13.9. The first-order valence-electron chi connectivity index (χ1n) is 10.3. The molecule has 0 amide bonds. The largest absolute Gasteiger partial charge is 0.494 e. The Morgan fingerprint density at radius 1 is 1.14 bits per heavy atom. The third-order valence-electron chi connectivity index (χ3n) is 5.27. The molecule has 2 N–H and O–H groups in total. The highest BCUT2D eigenvalue weighted by Crippen LogP contribution is 2.40. The first-order valence-corrected chi connectivity index (χ1v) is 13.9. The number of aromatic hydroxyl groups is 1. The molecule has 9 nitrogen and oxygen atoms in total. The zero-order chi connectivity index (χ0) is 25.6. The Bertz CT molecular complexity index is 1730. The summed E-state index contributed by atoms with van der Waals surface area (Å²) >= 11 is 1.78. The highest BCUT2D eigenvalue weighted by atomic mass is 32.2. The maximum absolute atomic E-state index is 13.9. The van der Waals surface area contributed by atoms with Crippen molar-refractivity contribution in [1.29, 1.82) is 0 Å². The van der Waals surface area contributed by atoms with Crippen molar-refractivity contribution in [2.45, 2.75) is 18.1 Å². The summed E-state index contributed by atoms with van der Waals surface area (Å²) in [5, 5.41) is 16.1. The third kappa shape index (κ3) is 4.66. The fourth-order valence-electron chi connectivity index (χ4n) is 3.69. The molecule has 0 aliphatic heterocycles. The number of rotatable bonds is 7. The van der Waals surface area contributed by atoms with Gasteiger partial charge in [0.05, 0.1) is 21.5 Å². The first-order chi connectivity index (χ1) is 17.1. The lowest BCUT2D eigenvalue weighted by Gasteiger charge is -2.09. The lowest BCUT2D eigenvalue weighted by atomic mass is 9.99. The van der Waals surface area contributed by atoms with E-state index < -0.39 is 26.4 Å². The highest BCUT2D eigenvalue weighted by Gasteiger charge is 2.34. The van der Waals surface area contributed by atoms with Gasteiger partial charge in [0.15, 0.2) is 15.1 Å². The molecule has 36 heavy (non-hydrogen) atoms. The van der Waals surface area contributed by atoms with Crippen molar-refractivity contribution in [3.05, 3.63) is 79.4 Å². The van der Waals surface area contributed by atoms with Gasteiger partial charge in [0.2, 0.25) is 17.7 Å². The van der Waals surface area contributed by atoms with Crippen molar-refractivity contribution in [2.24, 2.45) is 0 Å². The molecule has 1 unspecified atom stereocenters. The zero-order valence-corrected chi connectivity index (χ0v) is 20.8. The molecular formula is C22H16F2N4O5S3. The molecule has 3 heterocycles. The summed E-state index contributed by atoms with van der Waals surface area (Å²) in [4.78, 5) is 17.7. The smallest absolute Gasteiger partial charge is 0.307 e. The summed E-state index contributed by atoms with van der Waals surface area (Å²) in [6, 6.07) is 11.5. The van der Waals surface area contributed by atoms with Gasteiger partial charge in [0, 0.05) is 11.8 Å². The third-order valence-corrected chi connectivity index (χ3v) is 8.65. The highest BCUT2D eigenvalue weighted by molar-refractivity contribution is 7.91. The molecule has 0 fully saturated rings. The molecule has 5 aromatic rings. The quantitative estimate of drug-likeness (QED) is 0.303. The van der Waals surface area contributed by atoms with E-state index in [9.17, 15) is 27.1 Å². The normalized spacial score (nSPS) is 13.0. The topological polar surface area (TPSA) is 139 Å². The fraction of sp³-hybridized carbons (Fsp3) is 0.182. The van der Waals surface area contributed by atoms with E-state index in [1.165, 1.54) is 6.07 Å². The van der Waals surface area contributed by atoms with Crippen LogP contribution in [0, 0.1) is 0 Å². The van der Waals surface area contributed by atoms with Gasteiger partial charge >= 0.3 is 4.87 Å². The molecule has 0 saturated carbocycles. The average Bonchev–Trinajstić information content (AvgIpc) is 3.51. The molecule has 0 aliphatic rings. The Hall–Kier alpha value is -3.49. The number of hydrogen-bond acceptors (Lipinski definition) is 10. The number of alkyl halides is 2. The molecule has 0 saturated heterocycles. The molecule has 3 aromatic heterocycles. The van der Waals surface area contributed by atoms with Crippen LogP contribution in [0.2, 0.25) is 0 Å². The van der Waals surface area contributed by atoms with Gasteiger partial charge in [-0.2, -0.15) is 0 Å². The molecule has 0 aliphatic carbocycles. The minimum Gasteiger partial charge on any atom is -0.494 e. The molecule has 14 heteroatoms. The number of H-pyrrole nitrogens is 1. The van der Waals surface area contributed by atoms with E-state index in [-0.39, 0.29) is 45.0 Å². The number of hydrogen-bond donors (Lipinski definition) is 2. The van der Waals surface area contributed by atoms with Crippen molar-refractivity contribution in [3.63, 3.8) is 0 Å². The maximum Gasteiger partial charge on any atom is 0.307 e. The van der Waals surface area contributed by atoms with Crippen molar-refractivity contribution in [1.82, 2.24) is 20.2 Å². The number of aromatic amines is 1. The van der Waals surface area contributed by atoms with Gasteiger partial charge in [-0.1, -0.05) is 41.7 Å². The van der Waals surface area contributed by atoms with Crippen molar-refractivity contribution in [3.8, 4) is 17.0 Å². The standard InChI is InChI=1S/C22H16F2N4O5S3/c1-36(31,32)17(20-28-27-16(33-20)9-15-19(29)26-22(30)35-15)21-25-13-7-12(18(23)24)11(8-14(13)34-21)10-5-3-2-4-6-10/h2-8,17-18,29H,9H2,1H3,(H,26,30). The van der Waals surface area contributed by atoms with E-state index in [2.05, 4.69) is 20.2 Å². The van der Waals surface area contributed by atoms with Crippen molar-refractivity contribution in [2.75, 3.05) is 6.26 Å². The van der Waals surface area contributed by atoms with E-state index in [1.54, 1.807) is 36.4 Å². The van der Waals surface area contributed by atoms with E-state index in [1.807, 2.05) is 0 Å². The van der Waals surface area contributed by atoms with Gasteiger partial charge in [-0.3, -0.25) is 9.78 Å². The van der Waals surface area contributed by atoms with E-state index in [4.69, 9.17) is 4.42 Å². The van der Waals surface area contributed by atoms with Crippen molar-refractivity contribution >= 4 is 42.7 Å². The first kappa shape index (κ1) is 24.2. The number of nitrogens with zero attached hydrogens (tertiary/aromatic N) is 3. The summed E-state index contributed by atoms with van der Waals surface area (Å²) < 4.78 is 59.3. The fourth-order valence-corrected chi connectivity index (χ4v) is 6.92. The summed E-state index contributed by atoms with van der Waals surface area (Å²) in [5.74, 6) is -0.609. The Kier molecular flexibility index (Phi) is 6.18. The molecule has 186 valence electrons. The van der Waals surface area contributed by atoms with Crippen LogP contribution in [-0.2, 0) is 16.3 Å². The van der Waals surface area contributed by atoms with Gasteiger partial charge in [0.1, 0.15) is 5.01 Å². The van der Waals surface area contributed by atoms with Gasteiger partial charge in [-0.05, 0) is 23.3 Å². The number of nitrogens with one attached hydrogen (secondary N) is 1. The molecule has 2 aromatic carbocycles. The van der Waals surface area contributed by atoms with Crippen LogP contribution in [0.4, 0.5) is 8.78 Å². The number of halogens is 2. The summed E-state index contributed by atoms with van der Waals surface area (Å²) in [6.45, 7) is 0. The number of benzene rings is 2. The SMILES string of the molecule is CS(=O)(=O)C(c1nnc(Cc2sc(=O)[nH]c2O)o1)c1nc2cc(C(F)F)c(-c3ccccc3)cc2s1. The molecular weight excluding hydrogens is 534 g/mol. The Balaban J connectivity index is 1.57. The van der Waals surface area contributed by atoms with Crippen LogP contribution < -0.4 is 4.87 Å². The predicted octanol–water partition coefficient (Wildman–Crippen LogP) is 4.46. The summed E-state index contributed by atoms with van der Waals surface area (Å²) in [6.07, 6.45) is -1.87. The van der Waals surface area contributed by atoms with Crippen molar-refractivity contribution < 1.29 is 26.7 Å². The minimum atomic E-state index is -3.87. The molecule has 1 atom stereocenters. The Labute approximate surface area is 210 Å². The van der Waals surface area contributed by atoms with Crippen LogP contribution >= 0.6 is 22.7 Å². The number of aromatic nitrogens is 4. The van der Waals surface area contributed by atoms with E-state index in [0.717, 1.165) is 28.9 Å². The van der Waals surface area contributed by atoms with Crippen LogP contribution in [0.15, 0.2) is 51.7 Å². The van der Waals surface area contributed by atoms with E-state index in [0.29, 0.717) is 15.8 Å². The van der Waals surface area contributed by atoms with Crippen LogP contribution in [0.1, 0.15) is 38.9 Å². The van der Waals surface area contributed by atoms with Crippen LogP contribution in [0.3, 0.4) is 0 Å². The van der Waals surface area contributed by atoms with Crippen LogP contribution in [0.25, 0.3) is 21.3 Å². The predicted molar refractivity (Wildman–Crippen MR) is 130 cm³/mol. The van der Waals surface area contributed by atoms with Crippen LogP contribution in [-0.4, -0.2) is 39.9 Å². The van der Waals surface area contributed by atoms with Gasteiger partial charge in [-0.25, -0.2) is 22.2 Å². The number of sulfone groups is 1. The second-order valence-electron chi connectivity index (χ2n) is 7.83. The second kappa shape index (κ2) is 9.19. The van der Waals surface area contributed by atoms with Gasteiger partial charge in [-0.15, -0.1) is 21.5 Å². The monoisotopic (exact) mass is 550 g/mol. The second-order valence-corrected chi connectivity index (χ2v) is 12.1. The molecule has 0 radical (unpaired) electrons. The number of thiazole rings is 2. The summed E-state index contributed by atoms with van der Waals surface area (Å²) in [5.41, 5.74) is 0.933.